The Kier molecular flexibility index (Phi) is 4.67. The predicted octanol–water partition coefficient (Wildman–Crippen LogP) is 4.70. The zero-order valence-electron chi connectivity index (χ0n) is 14.6. The van der Waals surface area contributed by atoms with Gasteiger partial charge < -0.3 is 4.90 Å². The van der Waals surface area contributed by atoms with Crippen molar-refractivity contribution < 1.29 is 13.6 Å². The van der Waals surface area contributed by atoms with Crippen LogP contribution in [0.15, 0.2) is 72.9 Å². The number of hydrogen-bond acceptors (Lipinski definition) is 2. The van der Waals surface area contributed by atoms with Crippen molar-refractivity contribution in [1.82, 2.24) is 4.98 Å². The van der Waals surface area contributed by atoms with Crippen LogP contribution in [0.2, 0.25) is 0 Å². The summed E-state index contributed by atoms with van der Waals surface area (Å²) in [5.41, 5.74) is 1.91. The highest BCUT2D eigenvalue weighted by molar-refractivity contribution is 5.97. The largest absolute Gasteiger partial charge is 0.306 e. The number of anilines is 1. The Morgan fingerprint density at radius 2 is 1.74 bits per heavy atom. The second kappa shape index (κ2) is 7.27. The molecule has 0 saturated heterocycles. The molecule has 2 atom stereocenters. The minimum Gasteiger partial charge on any atom is -0.306 e. The molecule has 0 aliphatic heterocycles. The van der Waals surface area contributed by atoms with E-state index in [2.05, 4.69) is 4.98 Å². The Hall–Kier alpha value is -3.08. The Morgan fingerprint density at radius 1 is 1.00 bits per heavy atom. The average Bonchev–Trinajstić information content (AvgIpc) is 3.48. The number of aromatic nitrogens is 1. The summed E-state index contributed by atoms with van der Waals surface area (Å²) in [4.78, 5) is 19.1. The van der Waals surface area contributed by atoms with E-state index < -0.39 is 0 Å². The number of amides is 1. The molecule has 1 aliphatic carbocycles. The molecule has 0 spiro atoms. The summed E-state index contributed by atoms with van der Waals surface area (Å²) in [6, 6.07) is 17.9. The third-order valence-corrected chi connectivity index (χ3v) is 4.86. The quantitative estimate of drug-likeness (QED) is 0.658. The highest BCUT2D eigenvalue weighted by Crippen LogP contribution is 2.49. The van der Waals surface area contributed by atoms with Gasteiger partial charge in [-0.2, -0.15) is 0 Å². The van der Waals surface area contributed by atoms with Gasteiger partial charge in [-0.3, -0.25) is 9.78 Å². The Bertz CT molecular complexity index is 944. The molecule has 5 heteroatoms. The van der Waals surface area contributed by atoms with Crippen molar-refractivity contribution in [2.75, 3.05) is 4.90 Å². The SMILES string of the molecule is O=C([C@H]1C[C@@H]1c1ccccc1F)N(Cc1ccccn1)c1ccc(F)cc1. The summed E-state index contributed by atoms with van der Waals surface area (Å²) in [6.07, 6.45) is 2.28. The van der Waals surface area contributed by atoms with Crippen LogP contribution in [-0.4, -0.2) is 10.9 Å². The maximum atomic E-state index is 14.1. The van der Waals surface area contributed by atoms with E-state index in [0.717, 1.165) is 5.69 Å². The maximum Gasteiger partial charge on any atom is 0.231 e. The number of benzene rings is 2. The van der Waals surface area contributed by atoms with Crippen LogP contribution in [0.25, 0.3) is 0 Å². The minimum atomic E-state index is -0.361. The van der Waals surface area contributed by atoms with Crippen LogP contribution in [-0.2, 0) is 11.3 Å². The van der Waals surface area contributed by atoms with Gasteiger partial charge in [0.2, 0.25) is 5.91 Å². The van der Waals surface area contributed by atoms with Gasteiger partial charge in [0.05, 0.1) is 12.2 Å². The van der Waals surface area contributed by atoms with Crippen molar-refractivity contribution in [3.05, 3.63) is 95.8 Å². The molecule has 2 aromatic carbocycles. The lowest BCUT2D eigenvalue weighted by Gasteiger charge is -2.23. The zero-order chi connectivity index (χ0) is 18.8. The minimum absolute atomic E-state index is 0.0967. The summed E-state index contributed by atoms with van der Waals surface area (Å²) in [5, 5.41) is 0. The molecule has 0 N–H and O–H groups in total. The van der Waals surface area contributed by atoms with Crippen LogP contribution >= 0.6 is 0 Å². The number of rotatable bonds is 5. The molecular formula is C22H18F2N2O. The highest BCUT2D eigenvalue weighted by Gasteiger charge is 2.47. The highest BCUT2D eigenvalue weighted by atomic mass is 19.1. The summed E-state index contributed by atoms with van der Waals surface area (Å²) < 4.78 is 27.4. The third kappa shape index (κ3) is 3.72. The molecule has 0 unspecified atom stereocenters. The number of nitrogens with zero attached hydrogens (tertiary/aromatic N) is 2. The average molecular weight is 364 g/mol. The molecule has 136 valence electrons. The van der Waals surface area contributed by atoms with Crippen molar-refractivity contribution >= 4 is 11.6 Å². The number of pyridine rings is 1. The molecule has 1 fully saturated rings. The molecule has 3 aromatic rings. The Labute approximate surface area is 156 Å². The number of carbonyl (C=O) groups excluding carboxylic acids is 1. The van der Waals surface area contributed by atoms with E-state index in [0.29, 0.717) is 17.7 Å². The molecule has 1 aromatic heterocycles. The molecule has 3 nitrogen and oxygen atoms in total. The van der Waals surface area contributed by atoms with E-state index >= 15 is 0 Å². The molecule has 1 aliphatic rings. The van der Waals surface area contributed by atoms with Gasteiger partial charge >= 0.3 is 0 Å². The van der Waals surface area contributed by atoms with Gasteiger partial charge in [0, 0.05) is 17.8 Å². The molecule has 1 amide bonds. The number of halogens is 2. The van der Waals surface area contributed by atoms with Gasteiger partial charge in [-0.15, -0.1) is 0 Å². The first-order chi connectivity index (χ1) is 13.1. The molecule has 0 bridgehead atoms. The smallest absolute Gasteiger partial charge is 0.231 e. The van der Waals surface area contributed by atoms with Crippen molar-refractivity contribution in [3.63, 3.8) is 0 Å². The van der Waals surface area contributed by atoms with Crippen molar-refractivity contribution in [2.45, 2.75) is 18.9 Å². The fourth-order valence-corrected chi connectivity index (χ4v) is 3.36. The lowest BCUT2D eigenvalue weighted by atomic mass is 10.1. The zero-order valence-corrected chi connectivity index (χ0v) is 14.6. The summed E-state index contributed by atoms with van der Waals surface area (Å²) in [6.45, 7) is 0.284. The lowest BCUT2D eigenvalue weighted by molar-refractivity contribution is -0.120. The fraction of sp³-hybridized carbons (Fsp3) is 0.182. The van der Waals surface area contributed by atoms with E-state index in [1.807, 2.05) is 18.2 Å². The van der Waals surface area contributed by atoms with E-state index in [9.17, 15) is 13.6 Å². The first kappa shape index (κ1) is 17.3. The predicted molar refractivity (Wildman–Crippen MR) is 99.1 cm³/mol. The van der Waals surface area contributed by atoms with Gasteiger partial charge in [-0.1, -0.05) is 24.3 Å². The van der Waals surface area contributed by atoms with Gasteiger partial charge in [-0.05, 0) is 60.4 Å². The fourth-order valence-electron chi connectivity index (χ4n) is 3.36. The first-order valence-corrected chi connectivity index (χ1v) is 8.85. The molecule has 1 heterocycles. The van der Waals surface area contributed by atoms with Crippen LogP contribution < -0.4 is 4.90 Å². The number of carbonyl (C=O) groups is 1. The van der Waals surface area contributed by atoms with E-state index in [1.165, 1.54) is 18.2 Å². The first-order valence-electron chi connectivity index (χ1n) is 8.85. The van der Waals surface area contributed by atoms with Crippen molar-refractivity contribution in [2.24, 2.45) is 5.92 Å². The molecule has 27 heavy (non-hydrogen) atoms. The third-order valence-electron chi connectivity index (χ3n) is 4.86. The lowest BCUT2D eigenvalue weighted by Crippen LogP contribution is -2.32. The molecule has 0 radical (unpaired) electrons. The molecule has 4 rings (SSSR count). The van der Waals surface area contributed by atoms with E-state index in [1.54, 1.807) is 41.4 Å². The van der Waals surface area contributed by atoms with Crippen LogP contribution in [0.3, 0.4) is 0 Å². The van der Waals surface area contributed by atoms with E-state index in [4.69, 9.17) is 0 Å². The summed E-state index contributed by atoms with van der Waals surface area (Å²) in [5.74, 6) is -1.14. The summed E-state index contributed by atoms with van der Waals surface area (Å²) in [7, 11) is 0. The van der Waals surface area contributed by atoms with Crippen LogP contribution in [0.4, 0.5) is 14.5 Å². The van der Waals surface area contributed by atoms with Gasteiger partial charge in [0.25, 0.3) is 0 Å². The topological polar surface area (TPSA) is 33.2 Å². The van der Waals surface area contributed by atoms with Crippen molar-refractivity contribution in [1.29, 1.82) is 0 Å². The standard InChI is InChI=1S/C22H18F2N2O/c23-15-8-10-17(11-9-15)26(14-16-5-3-4-12-25-16)22(27)20-13-19(20)18-6-1-2-7-21(18)24/h1-12,19-20H,13-14H2/t19-,20+/m1/s1. The Morgan fingerprint density at radius 3 is 2.44 bits per heavy atom. The van der Waals surface area contributed by atoms with Crippen LogP contribution in [0.1, 0.15) is 23.6 Å². The van der Waals surface area contributed by atoms with Gasteiger partial charge in [0.15, 0.2) is 0 Å². The normalized spacial score (nSPS) is 18.1. The van der Waals surface area contributed by atoms with Crippen LogP contribution in [0.5, 0.6) is 0 Å². The van der Waals surface area contributed by atoms with Crippen molar-refractivity contribution in [3.8, 4) is 0 Å². The number of hydrogen-bond donors (Lipinski definition) is 0. The van der Waals surface area contributed by atoms with Gasteiger partial charge in [-0.25, -0.2) is 8.78 Å². The summed E-state index contributed by atoms with van der Waals surface area (Å²) >= 11 is 0. The molecule has 1 saturated carbocycles. The van der Waals surface area contributed by atoms with E-state index in [-0.39, 0.29) is 35.9 Å². The second-order valence-corrected chi connectivity index (χ2v) is 6.69. The Balaban J connectivity index is 1.60. The van der Waals surface area contributed by atoms with Crippen LogP contribution in [0, 0.1) is 17.6 Å². The van der Waals surface area contributed by atoms with Gasteiger partial charge in [0.1, 0.15) is 11.6 Å². The molecular weight excluding hydrogens is 346 g/mol. The maximum absolute atomic E-state index is 14.1. The second-order valence-electron chi connectivity index (χ2n) is 6.69. The monoisotopic (exact) mass is 364 g/mol.